The van der Waals surface area contributed by atoms with Crippen LogP contribution in [0, 0.1) is 6.92 Å². The average molecular weight is 238 g/mol. The van der Waals surface area contributed by atoms with Gasteiger partial charge < -0.3 is 10.1 Å². The van der Waals surface area contributed by atoms with E-state index in [1.165, 1.54) is 22.0 Å². The lowest BCUT2D eigenvalue weighted by atomic mass is 10.0. The zero-order valence-electron chi connectivity index (χ0n) is 9.66. The Balaban J connectivity index is 1.83. The van der Waals surface area contributed by atoms with E-state index in [0.717, 1.165) is 32.7 Å². The van der Waals surface area contributed by atoms with E-state index in [1.807, 2.05) is 11.3 Å². The van der Waals surface area contributed by atoms with Crippen LogP contribution in [-0.4, -0.2) is 31.3 Å². The third-order valence-electron chi connectivity index (χ3n) is 3.57. The van der Waals surface area contributed by atoms with Crippen molar-refractivity contribution in [2.75, 3.05) is 26.3 Å². The Labute approximate surface area is 100 Å². The fourth-order valence-electron chi connectivity index (χ4n) is 2.60. The van der Waals surface area contributed by atoms with Gasteiger partial charge in [-0.25, -0.2) is 4.98 Å². The van der Waals surface area contributed by atoms with Crippen molar-refractivity contribution in [2.24, 2.45) is 0 Å². The van der Waals surface area contributed by atoms with Crippen LogP contribution in [0.3, 0.4) is 0 Å². The zero-order chi connectivity index (χ0) is 11.0. The Kier molecular flexibility index (Phi) is 2.96. The summed E-state index contributed by atoms with van der Waals surface area (Å²) >= 11 is 1.89. The second kappa shape index (κ2) is 4.43. The average Bonchev–Trinajstić information content (AvgIpc) is 2.97. The fraction of sp³-hybridized carbons (Fsp3) is 0.750. The van der Waals surface area contributed by atoms with Crippen LogP contribution in [0.15, 0.2) is 0 Å². The van der Waals surface area contributed by atoms with Crippen molar-refractivity contribution in [3.63, 3.8) is 0 Å². The molecule has 3 heterocycles. The standard InChI is InChI=1S/C12H18N2OS/c1-8-11(10-3-5-15-7-10)14-12(16-8)9-2-4-13-6-9/h9-10,13H,2-7H2,1H3. The highest BCUT2D eigenvalue weighted by atomic mass is 32.1. The van der Waals surface area contributed by atoms with Gasteiger partial charge in [0.15, 0.2) is 0 Å². The molecule has 1 N–H and O–H groups in total. The molecule has 0 radical (unpaired) electrons. The first kappa shape index (κ1) is 10.7. The molecule has 88 valence electrons. The summed E-state index contributed by atoms with van der Waals surface area (Å²) in [7, 11) is 0. The van der Waals surface area contributed by atoms with Crippen molar-refractivity contribution in [3.8, 4) is 0 Å². The van der Waals surface area contributed by atoms with Gasteiger partial charge in [-0.15, -0.1) is 11.3 Å². The summed E-state index contributed by atoms with van der Waals surface area (Å²) in [5, 5.41) is 4.75. The van der Waals surface area contributed by atoms with Gasteiger partial charge in [0.05, 0.1) is 17.3 Å². The van der Waals surface area contributed by atoms with Gasteiger partial charge in [0.25, 0.3) is 0 Å². The smallest absolute Gasteiger partial charge is 0.0975 e. The van der Waals surface area contributed by atoms with E-state index in [0.29, 0.717) is 11.8 Å². The van der Waals surface area contributed by atoms with E-state index in [2.05, 4.69) is 12.2 Å². The zero-order valence-corrected chi connectivity index (χ0v) is 10.5. The van der Waals surface area contributed by atoms with Crippen molar-refractivity contribution in [1.82, 2.24) is 10.3 Å². The number of ether oxygens (including phenoxy) is 1. The Morgan fingerprint density at radius 3 is 3.00 bits per heavy atom. The molecule has 0 aromatic carbocycles. The number of aryl methyl sites for hydroxylation is 1. The predicted molar refractivity (Wildman–Crippen MR) is 65.3 cm³/mol. The molecule has 0 spiro atoms. The molecule has 16 heavy (non-hydrogen) atoms. The lowest BCUT2D eigenvalue weighted by Crippen LogP contribution is -2.08. The maximum absolute atomic E-state index is 5.45. The van der Waals surface area contributed by atoms with Gasteiger partial charge >= 0.3 is 0 Å². The minimum absolute atomic E-state index is 0.555. The van der Waals surface area contributed by atoms with Crippen molar-refractivity contribution in [2.45, 2.75) is 31.6 Å². The fourth-order valence-corrected chi connectivity index (χ4v) is 3.74. The van der Waals surface area contributed by atoms with Crippen LogP contribution in [0.4, 0.5) is 0 Å². The molecule has 1 aromatic rings. The maximum atomic E-state index is 5.45. The third-order valence-corrected chi connectivity index (χ3v) is 4.72. The van der Waals surface area contributed by atoms with Crippen LogP contribution >= 0.6 is 11.3 Å². The quantitative estimate of drug-likeness (QED) is 0.856. The highest BCUT2D eigenvalue weighted by Crippen LogP contribution is 2.34. The minimum atomic E-state index is 0.555. The Hall–Kier alpha value is -0.450. The van der Waals surface area contributed by atoms with Gasteiger partial charge in [-0.05, 0) is 26.3 Å². The number of nitrogens with zero attached hydrogens (tertiary/aromatic N) is 1. The van der Waals surface area contributed by atoms with E-state index in [9.17, 15) is 0 Å². The van der Waals surface area contributed by atoms with Crippen LogP contribution in [-0.2, 0) is 4.74 Å². The molecule has 0 aliphatic carbocycles. The molecule has 2 atom stereocenters. The molecule has 2 aliphatic rings. The van der Waals surface area contributed by atoms with Gasteiger partial charge in [0, 0.05) is 29.9 Å². The Morgan fingerprint density at radius 2 is 2.31 bits per heavy atom. The summed E-state index contributed by atoms with van der Waals surface area (Å²) in [6.45, 7) is 6.23. The highest BCUT2D eigenvalue weighted by Gasteiger charge is 2.26. The number of hydrogen-bond acceptors (Lipinski definition) is 4. The van der Waals surface area contributed by atoms with E-state index < -0.39 is 0 Å². The summed E-state index contributed by atoms with van der Waals surface area (Å²) in [6, 6.07) is 0. The SMILES string of the molecule is Cc1sc(C2CCNC2)nc1C1CCOC1. The van der Waals surface area contributed by atoms with Crippen molar-refractivity contribution in [1.29, 1.82) is 0 Å². The number of aromatic nitrogens is 1. The Bertz CT molecular complexity index is 365. The van der Waals surface area contributed by atoms with Crippen LogP contribution in [0.5, 0.6) is 0 Å². The van der Waals surface area contributed by atoms with Crippen molar-refractivity contribution in [3.05, 3.63) is 15.6 Å². The maximum Gasteiger partial charge on any atom is 0.0975 e. The monoisotopic (exact) mass is 238 g/mol. The first-order chi connectivity index (χ1) is 7.84. The van der Waals surface area contributed by atoms with Crippen LogP contribution in [0.25, 0.3) is 0 Å². The predicted octanol–water partition coefficient (Wildman–Crippen LogP) is 2.03. The largest absolute Gasteiger partial charge is 0.381 e. The number of hydrogen-bond donors (Lipinski definition) is 1. The van der Waals surface area contributed by atoms with Crippen molar-refractivity contribution >= 4 is 11.3 Å². The van der Waals surface area contributed by atoms with Crippen molar-refractivity contribution < 1.29 is 4.74 Å². The van der Waals surface area contributed by atoms with Gasteiger partial charge in [-0.3, -0.25) is 0 Å². The first-order valence-corrected chi connectivity index (χ1v) is 6.92. The molecule has 2 saturated heterocycles. The minimum Gasteiger partial charge on any atom is -0.381 e. The summed E-state index contributed by atoms with van der Waals surface area (Å²) in [6.07, 6.45) is 2.39. The van der Waals surface area contributed by atoms with Gasteiger partial charge in [-0.1, -0.05) is 0 Å². The molecule has 2 unspecified atom stereocenters. The van der Waals surface area contributed by atoms with Gasteiger partial charge in [-0.2, -0.15) is 0 Å². The molecular weight excluding hydrogens is 220 g/mol. The molecular formula is C12H18N2OS. The van der Waals surface area contributed by atoms with Crippen LogP contribution in [0.2, 0.25) is 0 Å². The molecule has 2 fully saturated rings. The Morgan fingerprint density at radius 1 is 1.38 bits per heavy atom. The first-order valence-electron chi connectivity index (χ1n) is 6.10. The van der Waals surface area contributed by atoms with Crippen LogP contribution in [0.1, 0.15) is 40.3 Å². The second-order valence-corrected chi connectivity index (χ2v) is 5.98. The molecule has 4 heteroatoms. The van der Waals surface area contributed by atoms with Gasteiger partial charge in [0.2, 0.25) is 0 Å². The lowest BCUT2D eigenvalue weighted by molar-refractivity contribution is 0.193. The molecule has 1 aromatic heterocycles. The molecule has 0 bridgehead atoms. The number of thiazole rings is 1. The molecule has 0 amide bonds. The lowest BCUT2D eigenvalue weighted by Gasteiger charge is -2.05. The van der Waals surface area contributed by atoms with E-state index in [-0.39, 0.29) is 0 Å². The molecule has 3 nitrogen and oxygen atoms in total. The normalized spacial score (nSPS) is 30.1. The third kappa shape index (κ3) is 1.90. The molecule has 0 saturated carbocycles. The number of rotatable bonds is 2. The van der Waals surface area contributed by atoms with Gasteiger partial charge in [0.1, 0.15) is 0 Å². The van der Waals surface area contributed by atoms with Crippen LogP contribution < -0.4 is 5.32 Å². The summed E-state index contributed by atoms with van der Waals surface area (Å²) < 4.78 is 5.45. The van der Waals surface area contributed by atoms with E-state index >= 15 is 0 Å². The van der Waals surface area contributed by atoms with E-state index in [4.69, 9.17) is 9.72 Å². The summed E-state index contributed by atoms with van der Waals surface area (Å²) in [5.41, 5.74) is 1.31. The molecule has 3 rings (SSSR count). The topological polar surface area (TPSA) is 34.2 Å². The second-order valence-electron chi connectivity index (χ2n) is 4.74. The number of nitrogens with one attached hydrogen (secondary N) is 1. The molecule has 2 aliphatic heterocycles. The van der Waals surface area contributed by atoms with E-state index in [1.54, 1.807) is 0 Å². The summed E-state index contributed by atoms with van der Waals surface area (Å²) in [4.78, 5) is 6.27. The highest BCUT2D eigenvalue weighted by molar-refractivity contribution is 7.11. The summed E-state index contributed by atoms with van der Waals surface area (Å²) in [5.74, 6) is 1.21.